The van der Waals surface area contributed by atoms with Gasteiger partial charge in [-0.05, 0) is 16.3 Å². The van der Waals surface area contributed by atoms with Crippen LogP contribution in [0.4, 0.5) is 0 Å². The fourth-order valence-corrected chi connectivity index (χ4v) is 2.25. The van der Waals surface area contributed by atoms with Crippen LogP contribution in [-0.2, 0) is 9.53 Å². The monoisotopic (exact) mass is 227 g/mol. The SMILES string of the molecule is O=C1CNC(c2cccc3ccccc23)CO1. The number of carbonyl (C=O) groups is 1. The molecule has 1 saturated heterocycles. The quantitative estimate of drug-likeness (QED) is 0.757. The summed E-state index contributed by atoms with van der Waals surface area (Å²) < 4.78 is 5.09. The van der Waals surface area contributed by atoms with E-state index in [1.807, 2.05) is 18.2 Å². The van der Waals surface area contributed by atoms with Crippen molar-refractivity contribution >= 4 is 16.7 Å². The fraction of sp³-hybridized carbons (Fsp3) is 0.214. The lowest BCUT2D eigenvalue weighted by Crippen LogP contribution is -2.38. The first-order chi connectivity index (χ1) is 8.34. The minimum atomic E-state index is -0.179. The highest BCUT2D eigenvalue weighted by Crippen LogP contribution is 2.25. The number of cyclic esters (lactones) is 1. The Morgan fingerprint density at radius 2 is 1.94 bits per heavy atom. The van der Waals surface area contributed by atoms with Gasteiger partial charge in [0.2, 0.25) is 0 Å². The Hall–Kier alpha value is -1.87. The molecule has 1 fully saturated rings. The summed E-state index contributed by atoms with van der Waals surface area (Å²) >= 11 is 0. The molecule has 1 N–H and O–H groups in total. The zero-order chi connectivity index (χ0) is 11.7. The van der Waals surface area contributed by atoms with Crippen molar-refractivity contribution in [3.8, 4) is 0 Å². The molecule has 2 aromatic carbocycles. The third-order valence-electron chi connectivity index (χ3n) is 3.10. The molecule has 0 aromatic heterocycles. The van der Waals surface area contributed by atoms with Gasteiger partial charge in [0.05, 0.1) is 12.6 Å². The molecule has 0 amide bonds. The van der Waals surface area contributed by atoms with E-state index in [1.54, 1.807) is 0 Å². The molecular weight excluding hydrogens is 214 g/mol. The molecule has 3 nitrogen and oxygen atoms in total. The standard InChI is InChI=1S/C14H13NO2/c16-14-8-15-13(9-17-14)12-7-3-5-10-4-1-2-6-11(10)12/h1-7,13,15H,8-9H2. The lowest BCUT2D eigenvalue weighted by molar-refractivity contribution is -0.146. The van der Waals surface area contributed by atoms with Gasteiger partial charge in [-0.3, -0.25) is 10.1 Å². The van der Waals surface area contributed by atoms with E-state index in [4.69, 9.17) is 4.74 Å². The van der Waals surface area contributed by atoms with Crippen molar-refractivity contribution in [1.82, 2.24) is 5.32 Å². The maximum atomic E-state index is 11.0. The van der Waals surface area contributed by atoms with E-state index in [-0.39, 0.29) is 18.6 Å². The number of carbonyl (C=O) groups excluding carboxylic acids is 1. The van der Waals surface area contributed by atoms with Gasteiger partial charge in [-0.2, -0.15) is 0 Å². The van der Waals surface area contributed by atoms with E-state index in [9.17, 15) is 4.79 Å². The highest BCUT2D eigenvalue weighted by atomic mass is 16.5. The predicted molar refractivity (Wildman–Crippen MR) is 65.7 cm³/mol. The molecule has 1 atom stereocenters. The second-order valence-electron chi connectivity index (χ2n) is 4.18. The van der Waals surface area contributed by atoms with Crippen LogP contribution in [0.25, 0.3) is 10.8 Å². The molecule has 0 bridgehead atoms. The van der Waals surface area contributed by atoms with Crippen molar-refractivity contribution in [2.45, 2.75) is 6.04 Å². The van der Waals surface area contributed by atoms with E-state index in [2.05, 4.69) is 29.6 Å². The van der Waals surface area contributed by atoms with Crippen LogP contribution in [0.15, 0.2) is 42.5 Å². The van der Waals surface area contributed by atoms with Gasteiger partial charge < -0.3 is 4.74 Å². The van der Waals surface area contributed by atoms with Crippen LogP contribution in [-0.4, -0.2) is 19.1 Å². The lowest BCUT2D eigenvalue weighted by atomic mass is 9.99. The number of esters is 1. The molecule has 0 saturated carbocycles. The summed E-state index contributed by atoms with van der Waals surface area (Å²) in [6.45, 7) is 0.695. The first kappa shape index (κ1) is 10.3. The summed E-state index contributed by atoms with van der Waals surface area (Å²) in [6, 6.07) is 14.6. The van der Waals surface area contributed by atoms with Crippen LogP contribution in [0.2, 0.25) is 0 Å². The van der Waals surface area contributed by atoms with Crippen LogP contribution in [0, 0.1) is 0 Å². The van der Waals surface area contributed by atoms with Crippen LogP contribution in [0.5, 0.6) is 0 Å². The maximum Gasteiger partial charge on any atom is 0.320 e. The molecule has 17 heavy (non-hydrogen) atoms. The van der Waals surface area contributed by atoms with E-state index in [0.29, 0.717) is 6.61 Å². The molecule has 0 aliphatic carbocycles. The number of nitrogens with one attached hydrogen (secondary N) is 1. The second-order valence-corrected chi connectivity index (χ2v) is 4.18. The Kier molecular flexibility index (Phi) is 2.53. The number of benzene rings is 2. The average molecular weight is 227 g/mol. The van der Waals surface area contributed by atoms with Gasteiger partial charge in [-0.15, -0.1) is 0 Å². The van der Waals surface area contributed by atoms with E-state index >= 15 is 0 Å². The predicted octanol–water partition coefficient (Wildman–Crippen LogP) is 2.03. The smallest absolute Gasteiger partial charge is 0.320 e. The number of fused-ring (bicyclic) bond motifs is 1. The summed E-state index contributed by atoms with van der Waals surface area (Å²) in [5, 5.41) is 5.63. The molecule has 1 heterocycles. The fourth-order valence-electron chi connectivity index (χ4n) is 2.25. The van der Waals surface area contributed by atoms with Gasteiger partial charge in [-0.25, -0.2) is 0 Å². The zero-order valence-electron chi connectivity index (χ0n) is 9.35. The number of hydrogen-bond donors (Lipinski definition) is 1. The molecule has 0 radical (unpaired) electrons. The summed E-state index contributed by atoms with van der Waals surface area (Å²) in [7, 11) is 0. The van der Waals surface area contributed by atoms with Crippen molar-refractivity contribution in [1.29, 1.82) is 0 Å². The Bertz CT molecular complexity index is 550. The van der Waals surface area contributed by atoms with Gasteiger partial charge in [-0.1, -0.05) is 42.5 Å². The topological polar surface area (TPSA) is 38.3 Å². The summed E-state index contributed by atoms with van der Waals surface area (Å²) in [5.74, 6) is -0.179. The largest absolute Gasteiger partial charge is 0.463 e. The highest BCUT2D eigenvalue weighted by molar-refractivity contribution is 5.86. The molecule has 1 aliphatic heterocycles. The van der Waals surface area contributed by atoms with E-state index in [0.717, 1.165) is 0 Å². The van der Waals surface area contributed by atoms with Gasteiger partial charge in [0, 0.05) is 0 Å². The average Bonchev–Trinajstić information content (AvgIpc) is 2.39. The van der Waals surface area contributed by atoms with Crippen LogP contribution >= 0.6 is 0 Å². The van der Waals surface area contributed by atoms with E-state index < -0.39 is 0 Å². The van der Waals surface area contributed by atoms with Crippen LogP contribution in [0.1, 0.15) is 11.6 Å². The molecule has 1 aliphatic rings. The maximum absolute atomic E-state index is 11.0. The Morgan fingerprint density at radius 3 is 2.76 bits per heavy atom. The zero-order valence-corrected chi connectivity index (χ0v) is 9.35. The molecule has 1 unspecified atom stereocenters. The summed E-state index contributed by atoms with van der Waals surface area (Å²) in [4.78, 5) is 11.0. The van der Waals surface area contributed by atoms with Crippen molar-refractivity contribution in [3.05, 3.63) is 48.0 Å². The first-order valence-corrected chi connectivity index (χ1v) is 5.71. The minimum absolute atomic E-state index is 0.0961. The Balaban J connectivity index is 2.02. The van der Waals surface area contributed by atoms with Crippen LogP contribution < -0.4 is 5.32 Å². The van der Waals surface area contributed by atoms with Crippen molar-refractivity contribution in [3.63, 3.8) is 0 Å². The molecule has 0 spiro atoms. The third kappa shape index (κ3) is 1.89. The third-order valence-corrected chi connectivity index (χ3v) is 3.10. The number of morpholine rings is 1. The van der Waals surface area contributed by atoms with Gasteiger partial charge in [0.1, 0.15) is 6.61 Å². The second kappa shape index (κ2) is 4.18. The molecule has 2 aromatic rings. The Morgan fingerprint density at radius 1 is 1.12 bits per heavy atom. The first-order valence-electron chi connectivity index (χ1n) is 5.71. The van der Waals surface area contributed by atoms with Gasteiger partial charge in [0.25, 0.3) is 0 Å². The van der Waals surface area contributed by atoms with Crippen molar-refractivity contribution in [2.24, 2.45) is 0 Å². The summed E-state index contributed by atoms with van der Waals surface area (Å²) in [5.41, 5.74) is 1.19. The Labute approximate surface area is 99.4 Å². The number of hydrogen-bond acceptors (Lipinski definition) is 3. The van der Waals surface area contributed by atoms with Crippen molar-refractivity contribution < 1.29 is 9.53 Å². The van der Waals surface area contributed by atoms with E-state index in [1.165, 1.54) is 16.3 Å². The van der Waals surface area contributed by atoms with Gasteiger partial charge in [0.15, 0.2) is 0 Å². The number of ether oxygens (including phenoxy) is 1. The van der Waals surface area contributed by atoms with Crippen molar-refractivity contribution in [2.75, 3.05) is 13.2 Å². The minimum Gasteiger partial charge on any atom is -0.463 e. The lowest BCUT2D eigenvalue weighted by Gasteiger charge is -2.24. The molecular formula is C14H13NO2. The normalized spacial score (nSPS) is 20.2. The van der Waals surface area contributed by atoms with Gasteiger partial charge >= 0.3 is 5.97 Å². The molecule has 3 heteroatoms. The molecule has 3 rings (SSSR count). The molecule has 86 valence electrons. The van der Waals surface area contributed by atoms with Crippen LogP contribution in [0.3, 0.4) is 0 Å². The summed E-state index contributed by atoms with van der Waals surface area (Å²) in [6.07, 6.45) is 0. The highest BCUT2D eigenvalue weighted by Gasteiger charge is 2.21. The number of rotatable bonds is 1.